The molecule has 45 heavy (non-hydrogen) atoms. The van der Waals surface area contributed by atoms with Gasteiger partial charge in [0.1, 0.15) is 12.1 Å². The molecule has 1 unspecified atom stereocenters. The minimum atomic E-state index is -4.50. The number of likely N-dealkylation sites (tertiary alicyclic amines) is 1. The Morgan fingerprint density at radius 2 is 1.82 bits per heavy atom. The molecule has 2 aromatic heterocycles. The minimum Gasteiger partial charge on any atom is -0.465 e. The third-order valence-electron chi connectivity index (χ3n) is 7.99. The minimum absolute atomic E-state index is 0.0132. The second-order valence-corrected chi connectivity index (χ2v) is 13.7. The average molecular weight is 632 g/mol. The molecule has 3 aromatic rings. The van der Waals surface area contributed by atoms with Gasteiger partial charge in [0.2, 0.25) is 0 Å². The number of methoxy groups -OCH3 is 1. The molecule has 0 radical (unpaired) electrons. The zero-order valence-corrected chi connectivity index (χ0v) is 27.4. The summed E-state index contributed by atoms with van der Waals surface area (Å²) < 4.78 is 60.6. The lowest BCUT2D eigenvalue weighted by Gasteiger charge is -2.25. The van der Waals surface area contributed by atoms with Crippen molar-refractivity contribution in [3.8, 4) is 11.3 Å². The number of alkyl halides is 3. The number of benzene rings is 1. The summed E-state index contributed by atoms with van der Waals surface area (Å²) in [5, 5.41) is 0.679. The molecule has 0 saturated carbocycles. The maximum atomic E-state index is 14.2. The predicted octanol–water partition coefficient (Wildman–Crippen LogP) is 7.83. The zero-order valence-electron chi connectivity index (χ0n) is 27.4. The molecule has 4 rings (SSSR count). The van der Waals surface area contributed by atoms with Crippen LogP contribution in [0.3, 0.4) is 0 Å². The molecule has 1 aliphatic rings. The molecule has 8 nitrogen and oxygen atoms in total. The normalized spacial score (nSPS) is 16.7. The number of nitrogens with zero attached hydrogens (tertiary/aromatic N) is 3. The van der Waals surface area contributed by atoms with Crippen LogP contribution in [0.15, 0.2) is 36.5 Å². The molecule has 2 atom stereocenters. The second kappa shape index (κ2) is 13.0. The maximum Gasteiger partial charge on any atom is 0.410 e. The number of pyridine rings is 1. The highest BCUT2D eigenvalue weighted by molar-refractivity contribution is 5.93. The van der Waals surface area contributed by atoms with Gasteiger partial charge in [0.15, 0.2) is 0 Å². The van der Waals surface area contributed by atoms with E-state index in [9.17, 15) is 22.8 Å². The fourth-order valence-electron chi connectivity index (χ4n) is 5.93. The smallest absolute Gasteiger partial charge is 0.410 e. The van der Waals surface area contributed by atoms with E-state index < -0.39 is 35.8 Å². The van der Waals surface area contributed by atoms with Gasteiger partial charge in [0.25, 0.3) is 0 Å². The van der Waals surface area contributed by atoms with Gasteiger partial charge in [-0.15, -0.1) is 0 Å². The molecule has 1 aliphatic heterocycles. The van der Waals surface area contributed by atoms with Crippen LogP contribution in [0.4, 0.5) is 18.0 Å². The van der Waals surface area contributed by atoms with Crippen molar-refractivity contribution in [1.82, 2.24) is 14.5 Å². The van der Waals surface area contributed by atoms with E-state index in [0.717, 1.165) is 5.56 Å². The summed E-state index contributed by atoms with van der Waals surface area (Å²) in [4.78, 5) is 30.7. The van der Waals surface area contributed by atoms with Crippen LogP contribution < -0.4 is 0 Å². The van der Waals surface area contributed by atoms with E-state index in [-0.39, 0.29) is 18.6 Å². The molecule has 3 heterocycles. The van der Waals surface area contributed by atoms with Gasteiger partial charge >= 0.3 is 18.2 Å². The standard InChI is InChI=1S/C34H44F3N3O5/c1-21(43-8)29-25(10-9-14-38-29)30-27(17-33(6,7)20-44-22(2)41)26-16-23(11-12-28(26)40(30)19-34(35,36)37)24-13-15-39(18-24)31(42)45-32(3,4)5/h9-12,14,16,21,24H,13,15,17-20H2,1-8H3/t21-,24?/m0/s1. The first-order valence-electron chi connectivity index (χ1n) is 15.2. The summed E-state index contributed by atoms with van der Waals surface area (Å²) in [5.41, 5.74) is 2.32. The number of aromatic nitrogens is 2. The molecule has 0 spiro atoms. The molecule has 0 bridgehead atoms. The molecule has 1 aromatic carbocycles. The fraction of sp³-hybridized carbons (Fsp3) is 0.559. The fourth-order valence-corrected chi connectivity index (χ4v) is 5.93. The number of hydrogen-bond donors (Lipinski definition) is 0. The zero-order chi connectivity index (χ0) is 33.3. The van der Waals surface area contributed by atoms with Crippen molar-refractivity contribution in [1.29, 1.82) is 0 Å². The Morgan fingerprint density at radius 3 is 2.44 bits per heavy atom. The van der Waals surface area contributed by atoms with Crippen molar-refractivity contribution < 1.29 is 37.0 Å². The predicted molar refractivity (Wildman–Crippen MR) is 166 cm³/mol. The van der Waals surface area contributed by atoms with Crippen molar-refractivity contribution in [3.05, 3.63) is 53.3 Å². The first kappa shape index (κ1) is 34.3. The lowest BCUT2D eigenvalue weighted by molar-refractivity contribution is -0.144. The number of ether oxygens (including phenoxy) is 3. The van der Waals surface area contributed by atoms with E-state index >= 15 is 0 Å². The van der Waals surface area contributed by atoms with E-state index in [1.54, 1.807) is 29.3 Å². The first-order chi connectivity index (χ1) is 20.9. The molecule has 1 fully saturated rings. The van der Waals surface area contributed by atoms with Gasteiger partial charge in [0.05, 0.1) is 24.1 Å². The van der Waals surface area contributed by atoms with Crippen LogP contribution in [0, 0.1) is 5.41 Å². The molecule has 0 N–H and O–H groups in total. The van der Waals surface area contributed by atoms with E-state index in [4.69, 9.17) is 14.2 Å². The van der Waals surface area contributed by atoms with Gasteiger partial charge in [-0.1, -0.05) is 19.9 Å². The van der Waals surface area contributed by atoms with Gasteiger partial charge in [-0.05, 0) is 75.9 Å². The van der Waals surface area contributed by atoms with Crippen molar-refractivity contribution in [2.24, 2.45) is 5.41 Å². The molecule has 1 saturated heterocycles. The largest absolute Gasteiger partial charge is 0.465 e. The summed E-state index contributed by atoms with van der Waals surface area (Å²) >= 11 is 0. The highest BCUT2D eigenvalue weighted by atomic mass is 19.4. The summed E-state index contributed by atoms with van der Waals surface area (Å²) in [6.07, 6.45) is -2.73. The monoisotopic (exact) mass is 631 g/mol. The van der Waals surface area contributed by atoms with E-state index in [1.807, 2.05) is 53.7 Å². The first-order valence-corrected chi connectivity index (χ1v) is 15.2. The van der Waals surface area contributed by atoms with Crippen LogP contribution in [0.25, 0.3) is 22.2 Å². The van der Waals surface area contributed by atoms with E-state index in [1.165, 1.54) is 18.6 Å². The van der Waals surface area contributed by atoms with Crippen LogP contribution >= 0.6 is 0 Å². The van der Waals surface area contributed by atoms with Crippen LogP contribution in [0.2, 0.25) is 0 Å². The Bertz CT molecular complexity index is 1540. The van der Waals surface area contributed by atoms with E-state index in [2.05, 4.69) is 4.98 Å². The summed E-state index contributed by atoms with van der Waals surface area (Å²) in [6.45, 7) is 12.3. The average Bonchev–Trinajstić information content (AvgIpc) is 3.53. The number of halogens is 3. The highest BCUT2D eigenvalue weighted by Crippen LogP contribution is 2.43. The van der Waals surface area contributed by atoms with Gasteiger partial charge < -0.3 is 23.7 Å². The van der Waals surface area contributed by atoms with Crippen molar-refractivity contribution in [3.63, 3.8) is 0 Å². The molecule has 1 amide bonds. The summed E-state index contributed by atoms with van der Waals surface area (Å²) in [7, 11) is 1.53. The lowest BCUT2D eigenvalue weighted by atomic mass is 9.84. The number of hydrogen-bond acceptors (Lipinski definition) is 6. The Balaban J connectivity index is 1.91. The number of carbonyl (C=O) groups excluding carboxylic acids is 2. The maximum absolute atomic E-state index is 14.2. The van der Waals surface area contributed by atoms with Gasteiger partial charge in [0, 0.05) is 61.1 Å². The molecule has 246 valence electrons. The van der Waals surface area contributed by atoms with Crippen LogP contribution in [0.5, 0.6) is 0 Å². The van der Waals surface area contributed by atoms with Crippen LogP contribution in [-0.4, -0.2) is 65.1 Å². The third kappa shape index (κ3) is 8.36. The Morgan fingerprint density at radius 1 is 1.11 bits per heavy atom. The van der Waals surface area contributed by atoms with Gasteiger partial charge in [-0.2, -0.15) is 13.2 Å². The Hall–Kier alpha value is -3.60. The number of esters is 1. The van der Waals surface area contributed by atoms with Crippen LogP contribution in [0.1, 0.15) is 83.7 Å². The van der Waals surface area contributed by atoms with Crippen molar-refractivity contribution >= 4 is 23.0 Å². The quantitative estimate of drug-likeness (QED) is 0.224. The SMILES string of the molecule is CO[C@@H](C)c1ncccc1-c1c(CC(C)(C)COC(C)=O)c2cc(C3CCN(C(=O)OC(C)(C)C)C3)ccc2n1CC(F)(F)F. The van der Waals surface area contributed by atoms with Gasteiger partial charge in [-0.25, -0.2) is 4.79 Å². The molecule has 11 heteroatoms. The molecular formula is C34H44F3N3O5. The number of fused-ring (bicyclic) bond motifs is 1. The second-order valence-electron chi connectivity index (χ2n) is 13.7. The summed E-state index contributed by atoms with van der Waals surface area (Å²) in [5.74, 6) is -0.440. The third-order valence-corrected chi connectivity index (χ3v) is 7.99. The van der Waals surface area contributed by atoms with Crippen molar-refractivity contribution in [2.75, 3.05) is 26.8 Å². The summed E-state index contributed by atoms with van der Waals surface area (Å²) in [6, 6.07) is 9.05. The number of carbonyl (C=O) groups is 2. The molecular weight excluding hydrogens is 587 g/mol. The lowest BCUT2D eigenvalue weighted by Crippen LogP contribution is -2.35. The topological polar surface area (TPSA) is 82.9 Å². The van der Waals surface area contributed by atoms with Crippen molar-refractivity contribution in [2.45, 2.75) is 91.7 Å². The van der Waals surface area contributed by atoms with Crippen LogP contribution in [-0.2, 0) is 32.0 Å². The number of rotatable bonds is 9. The highest BCUT2D eigenvalue weighted by Gasteiger charge is 2.36. The van der Waals surface area contributed by atoms with Gasteiger partial charge in [-0.3, -0.25) is 9.78 Å². The molecule has 0 aliphatic carbocycles. The Kier molecular flexibility index (Phi) is 9.92. The van der Waals surface area contributed by atoms with E-state index in [0.29, 0.717) is 59.3 Å². The number of amides is 1. The Labute approximate surface area is 262 Å².